The second kappa shape index (κ2) is 10.2. The van der Waals surface area contributed by atoms with Crippen LogP contribution in [0.1, 0.15) is 11.1 Å². The number of thioether (sulfide) groups is 2. The molecule has 126 valence electrons. The summed E-state index contributed by atoms with van der Waals surface area (Å²) in [5.41, 5.74) is 2.45. The van der Waals surface area contributed by atoms with Crippen molar-refractivity contribution < 1.29 is 0 Å². The molecule has 2 aromatic carbocycles. The van der Waals surface area contributed by atoms with Crippen molar-refractivity contribution in [1.82, 2.24) is 10.2 Å². The summed E-state index contributed by atoms with van der Waals surface area (Å²) in [5.74, 6) is 1.81. The van der Waals surface area contributed by atoms with Gasteiger partial charge in [-0.05, 0) is 11.1 Å². The molecule has 0 fully saturated rings. The monoisotopic (exact) mass is 382 g/mol. The lowest BCUT2D eigenvalue weighted by Gasteiger charge is -1.92. The van der Waals surface area contributed by atoms with Gasteiger partial charge in [0.15, 0.2) is 8.68 Å². The maximum atomic E-state index is 4.25. The van der Waals surface area contributed by atoms with E-state index in [9.17, 15) is 0 Å². The first-order valence-corrected chi connectivity index (χ1v) is 10.7. The SMILES string of the molecule is C(=C\c1ccccc1)/CSc1nnc(SC/C=C/c2ccccc2)s1. The van der Waals surface area contributed by atoms with Crippen LogP contribution in [0.25, 0.3) is 12.2 Å². The normalized spacial score (nSPS) is 11.5. The second-order valence-electron chi connectivity index (χ2n) is 5.08. The van der Waals surface area contributed by atoms with Gasteiger partial charge in [-0.15, -0.1) is 10.2 Å². The van der Waals surface area contributed by atoms with Gasteiger partial charge in [0.2, 0.25) is 0 Å². The highest BCUT2D eigenvalue weighted by Gasteiger charge is 2.03. The molecule has 25 heavy (non-hydrogen) atoms. The third-order valence-electron chi connectivity index (χ3n) is 3.21. The fourth-order valence-electron chi connectivity index (χ4n) is 2.05. The van der Waals surface area contributed by atoms with Gasteiger partial charge in [0, 0.05) is 11.5 Å². The quantitative estimate of drug-likeness (QED) is 0.436. The van der Waals surface area contributed by atoms with E-state index in [1.807, 2.05) is 36.4 Å². The van der Waals surface area contributed by atoms with Crippen molar-refractivity contribution in [3.8, 4) is 0 Å². The van der Waals surface area contributed by atoms with Crippen LogP contribution in [-0.4, -0.2) is 21.7 Å². The van der Waals surface area contributed by atoms with Gasteiger partial charge in [0.1, 0.15) is 0 Å². The molecule has 0 spiro atoms. The minimum atomic E-state index is 0.905. The van der Waals surface area contributed by atoms with E-state index in [1.165, 1.54) is 11.1 Å². The highest BCUT2D eigenvalue weighted by molar-refractivity contribution is 8.03. The highest BCUT2D eigenvalue weighted by atomic mass is 32.2. The summed E-state index contributed by atoms with van der Waals surface area (Å²) in [6.07, 6.45) is 8.60. The van der Waals surface area contributed by atoms with E-state index in [0.29, 0.717) is 0 Å². The minimum absolute atomic E-state index is 0.905. The van der Waals surface area contributed by atoms with E-state index < -0.39 is 0 Å². The summed E-state index contributed by atoms with van der Waals surface area (Å²) in [7, 11) is 0. The van der Waals surface area contributed by atoms with E-state index >= 15 is 0 Å². The molecule has 1 heterocycles. The topological polar surface area (TPSA) is 25.8 Å². The minimum Gasteiger partial charge on any atom is -0.131 e. The van der Waals surface area contributed by atoms with E-state index in [0.717, 1.165) is 20.2 Å². The number of rotatable bonds is 8. The Morgan fingerprint density at radius 1 is 0.680 bits per heavy atom. The van der Waals surface area contributed by atoms with Crippen LogP contribution < -0.4 is 0 Å². The molecular weight excluding hydrogens is 364 g/mol. The summed E-state index contributed by atoms with van der Waals surface area (Å²) in [6, 6.07) is 20.7. The number of hydrogen-bond donors (Lipinski definition) is 0. The van der Waals surface area contributed by atoms with Crippen molar-refractivity contribution in [2.24, 2.45) is 0 Å². The molecule has 0 radical (unpaired) electrons. The van der Waals surface area contributed by atoms with Crippen LogP contribution in [0.5, 0.6) is 0 Å². The zero-order chi connectivity index (χ0) is 17.2. The molecule has 5 heteroatoms. The van der Waals surface area contributed by atoms with Gasteiger partial charge in [0.25, 0.3) is 0 Å². The molecule has 3 rings (SSSR count). The van der Waals surface area contributed by atoms with Gasteiger partial charge in [-0.1, -0.05) is 120 Å². The van der Waals surface area contributed by atoms with E-state index in [4.69, 9.17) is 0 Å². The molecule has 0 aliphatic carbocycles. The Morgan fingerprint density at radius 2 is 1.12 bits per heavy atom. The van der Waals surface area contributed by atoms with Gasteiger partial charge < -0.3 is 0 Å². The first-order chi connectivity index (χ1) is 12.4. The van der Waals surface area contributed by atoms with Crippen LogP contribution in [0.3, 0.4) is 0 Å². The second-order valence-corrected chi connectivity index (χ2v) is 8.59. The van der Waals surface area contributed by atoms with Crippen LogP contribution in [0.4, 0.5) is 0 Å². The van der Waals surface area contributed by atoms with Crippen LogP contribution in [0, 0.1) is 0 Å². The maximum absolute atomic E-state index is 4.25. The van der Waals surface area contributed by atoms with Gasteiger partial charge in [-0.3, -0.25) is 0 Å². The lowest BCUT2D eigenvalue weighted by atomic mass is 10.2. The molecule has 0 amide bonds. The van der Waals surface area contributed by atoms with Gasteiger partial charge in [-0.2, -0.15) is 0 Å². The predicted octanol–water partition coefficient (Wildman–Crippen LogP) is 6.15. The predicted molar refractivity (Wildman–Crippen MR) is 112 cm³/mol. The lowest BCUT2D eigenvalue weighted by molar-refractivity contribution is 0.956. The summed E-state index contributed by atoms with van der Waals surface area (Å²) in [5, 5.41) is 8.50. The zero-order valence-electron chi connectivity index (χ0n) is 13.6. The standard InChI is InChI=1S/C20H18N2S3/c1-3-9-17(10-4-1)13-7-15-23-19-21-22-20(25-19)24-16-8-14-18-11-5-2-6-12-18/h1-14H,15-16H2/b13-7+,14-8+. The Hall–Kier alpha value is -1.82. The van der Waals surface area contributed by atoms with Crippen molar-refractivity contribution in [2.45, 2.75) is 8.68 Å². The molecule has 1 aromatic heterocycles. The summed E-state index contributed by atoms with van der Waals surface area (Å²) < 4.78 is 2.04. The molecule has 2 nitrogen and oxygen atoms in total. The van der Waals surface area contributed by atoms with E-state index in [-0.39, 0.29) is 0 Å². The molecule has 0 saturated heterocycles. The Morgan fingerprint density at radius 3 is 1.56 bits per heavy atom. The first kappa shape index (κ1) is 18.0. The average molecular weight is 383 g/mol. The third-order valence-corrected chi connectivity index (χ3v) is 6.31. The Bertz CT molecular complexity index is 743. The maximum Gasteiger partial charge on any atom is 0.175 e. The molecule has 0 aliphatic heterocycles. The fourth-order valence-corrected chi connectivity index (χ4v) is 4.74. The fraction of sp³-hybridized carbons (Fsp3) is 0.100. The van der Waals surface area contributed by atoms with Crippen LogP contribution in [0.2, 0.25) is 0 Å². The van der Waals surface area contributed by atoms with Crippen LogP contribution in [-0.2, 0) is 0 Å². The van der Waals surface area contributed by atoms with E-state index in [2.05, 4.69) is 58.8 Å². The van der Waals surface area contributed by atoms with Crippen LogP contribution >= 0.6 is 34.9 Å². The Balaban J connectivity index is 1.40. The average Bonchev–Trinajstić information content (AvgIpc) is 3.12. The van der Waals surface area contributed by atoms with Crippen molar-refractivity contribution in [2.75, 3.05) is 11.5 Å². The molecule has 0 atom stereocenters. The summed E-state index contributed by atoms with van der Waals surface area (Å²) >= 11 is 5.11. The Kier molecular flexibility index (Phi) is 7.36. The lowest BCUT2D eigenvalue weighted by Crippen LogP contribution is -1.75. The third kappa shape index (κ3) is 6.53. The van der Waals surface area contributed by atoms with Crippen molar-refractivity contribution >= 4 is 47.0 Å². The smallest absolute Gasteiger partial charge is 0.131 e. The van der Waals surface area contributed by atoms with Gasteiger partial charge in [-0.25, -0.2) is 0 Å². The zero-order valence-corrected chi connectivity index (χ0v) is 16.1. The summed E-state index contributed by atoms with van der Waals surface area (Å²) in [6.45, 7) is 0. The Labute approximate surface area is 161 Å². The van der Waals surface area contributed by atoms with Gasteiger partial charge >= 0.3 is 0 Å². The van der Waals surface area contributed by atoms with Crippen LogP contribution in [0.15, 0.2) is 81.5 Å². The highest BCUT2D eigenvalue weighted by Crippen LogP contribution is 2.29. The van der Waals surface area contributed by atoms with Crippen molar-refractivity contribution in [1.29, 1.82) is 0 Å². The largest absolute Gasteiger partial charge is 0.175 e. The number of benzene rings is 2. The molecule has 0 saturated carbocycles. The number of nitrogens with zero attached hydrogens (tertiary/aromatic N) is 2. The van der Waals surface area contributed by atoms with Crippen molar-refractivity contribution in [3.63, 3.8) is 0 Å². The molecule has 0 aliphatic rings. The molecule has 3 aromatic rings. The molecular formula is C20H18N2S3. The summed E-state index contributed by atoms with van der Waals surface area (Å²) in [4.78, 5) is 0. The molecule has 0 bridgehead atoms. The van der Waals surface area contributed by atoms with Crippen molar-refractivity contribution in [3.05, 3.63) is 83.9 Å². The number of aromatic nitrogens is 2. The van der Waals surface area contributed by atoms with E-state index in [1.54, 1.807) is 34.9 Å². The van der Waals surface area contributed by atoms with Gasteiger partial charge in [0.05, 0.1) is 0 Å². The molecule has 0 unspecified atom stereocenters. The number of hydrogen-bond acceptors (Lipinski definition) is 5. The first-order valence-electron chi connectivity index (χ1n) is 7.92. The molecule has 0 N–H and O–H groups in total.